The van der Waals surface area contributed by atoms with Crippen molar-refractivity contribution >= 4 is 17.4 Å². The highest BCUT2D eigenvalue weighted by Crippen LogP contribution is 2.28. The monoisotopic (exact) mass is 297 g/mol. The molecular weight excluding hydrogens is 282 g/mol. The minimum atomic E-state index is 0.596. The van der Waals surface area contributed by atoms with Crippen LogP contribution in [-0.4, -0.2) is 10.1 Å². The van der Waals surface area contributed by atoms with E-state index in [0.29, 0.717) is 17.5 Å². The number of aromatic nitrogens is 2. The van der Waals surface area contributed by atoms with E-state index in [-0.39, 0.29) is 0 Å². The molecule has 0 saturated carbocycles. The summed E-state index contributed by atoms with van der Waals surface area (Å²) in [6.45, 7) is 2.02. The van der Waals surface area contributed by atoms with Crippen LogP contribution >= 0.6 is 11.8 Å². The SMILES string of the molecule is Cc1ccc(SCc2nc(-c3ccccc3)no2)c(N)c1. The van der Waals surface area contributed by atoms with Gasteiger partial charge in [0.15, 0.2) is 0 Å². The minimum Gasteiger partial charge on any atom is -0.398 e. The van der Waals surface area contributed by atoms with E-state index in [2.05, 4.69) is 10.1 Å². The normalized spacial score (nSPS) is 10.7. The maximum absolute atomic E-state index is 5.99. The molecule has 2 aromatic carbocycles. The topological polar surface area (TPSA) is 64.9 Å². The van der Waals surface area contributed by atoms with E-state index < -0.39 is 0 Å². The third kappa shape index (κ3) is 3.25. The first-order valence-corrected chi connectivity index (χ1v) is 7.58. The van der Waals surface area contributed by atoms with Gasteiger partial charge < -0.3 is 10.3 Å². The lowest BCUT2D eigenvalue weighted by atomic mass is 10.2. The molecule has 1 heterocycles. The minimum absolute atomic E-state index is 0.596. The number of nitrogen functional groups attached to an aromatic ring is 1. The van der Waals surface area contributed by atoms with Gasteiger partial charge in [0.25, 0.3) is 0 Å². The molecule has 21 heavy (non-hydrogen) atoms. The van der Waals surface area contributed by atoms with Gasteiger partial charge in [-0.15, -0.1) is 11.8 Å². The van der Waals surface area contributed by atoms with E-state index in [0.717, 1.165) is 21.7 Å². The number of anilines is 1. The first kappa shape index (κ1) is 13.7. The second-order valence-corrected chi connectivity index (χ2v) is 5.72. The van der Waals surface area contributed by atoms with Gasteiger partial charge in [-0.3, -0.25) is 0 Å². The van der Waals surface area contributed by atoms with Crippen molar-refractivity contribution in [3.63, 3.8) is 0 Å². The van der Waals surface area contributed by atoms with Crippen LogP contribution in [-0.2, 0) is 5.75 Å². The van der Waals surface area contributed by atoms with Gasteiger partial charge in [-0.25, -0.2) is 0 Å². The van der Waals surface area contributed by atoms with E-state index in [4.69, 9.17) is 10.3 Å². The number of aryl methyl sites for hydroxylation is 1. The standard InChI is InChI=1S/C16H15N3OS/c1-11-7-8-14(13(17)9-11)21-10-15-18-16(19-20-15)12-5-3-2-4-6-12/h2-9H,10,17H2,1H3. The van der Waals surface area contributed by atoms with Gasteiger partial charge in [-0.2, -0.15) is 4.98 Å². The highest BCUT2D eigenvalue weighted by atomic mass is 32.2. The van der Waals surface area contributed by atoms with E-state index in [9.17, 15) is 0 Å². The van der Waals surface area contributed by atoms with Crippen LogP contribution in [0.4, 0.5) is 5.69 Å². The number of rotatable bonds is 4. The molecule has 0 radical (unpaired) electrons. The second-order valence-electron chi connectivity index (χ2n) is 4.71. The molecule has 3 aromatic rings. The van der Waals surface area contributed by atoms with Crippen LogP contribution in [0.25, 0.3) is 11.4 Å². The Morgan fingerprint density at radius 2 is 1.95 bits per heavy atom. The van der Waals surface area contributed by atoms with Gasteiger partial charge in [-0.1, -0.05) is 41.6 Å². The van der Waals surface area contributed by atoms with E-state index in [1.807, 2.05) is 55.5 Å². The lowest BCUT2D eigenvalue weighted by Gasteiger charge is -2.04. The number of hydrogen-bond donors (Lipinski definition) is 1. The predicted molar refractivity (Wildman–Crippen MR) is 84.9 cm³/mol. The molecule has 0 aliphatic carbocycles. The van der Waals surface area contributed by atoms with Gasteiger partial charge in [0.05, 0.1) is 5.75 Å². The highest BCUT2D eigenvalue weighted by Gasteiger charge is 2.09. The van der Waals surface area contributed by atoms with Crippen LogP contribution in [0, 0.1) is 6.92 Å². The summed E-state index contributed by atoms with van der Waals surface area (Å²) in [5.41, 5.74) is 8.88. The number of nitrogens with zero attached hydrogens (tertiary/aromatic N) is 2. The van der Waals surface area contributed by atoms with E-state index in [1.54, 1.807) is 11.8 Å². The number of benzene rings is 2. The fraction of sp³-hybridized carbons (Fsp3) is 0.125. The lowest BCUT2D eigenvalue weighted by Crippen LogP contribution is -1.90. The molecule has 0 bridgehead atoms. The van der Waals surface area contributed by atoms with Crippen LogP contribution in [0.5, 0.6) is 0 Å². The Kier molecular flexibility index (Phi) is 3.92. The van der Waals surface area contributed by atoms with Gasteiger partial charge in [-0.05, 0) is 24.6 Å². The molecule has 5 heteroatoms. The van der Waals surface area contributed by atoms with Gasteiger partial charge in [0.1, 0.15) is 0 Å². The van der Waals surface area contributed by atoms with E-state index >= 15 is 0 Å². The van der Waals surface area contributed by atoms with Crippen molar-refractivity contribution in [2.75, 3.05) is 5.73 Å². The zero-order valence-corrected chi connectivity index (χ0v) is 12.4. The Morgan fingerprint density at radius 3 is 2.71 bits per heavy atom. The van der Waals surface area contributed by atoms with Gasteiger partial charge in [0.2, 0.25) is 11.7 Å². The smallest absolute Gasteiger partial charge is 0.237 e. The Balaban J connectivity index is 1.70. The Morgan fingerprint density at radius 1 is 1.14 bits per heavy atom. The van der Waals surface area contributed by atoms with Crippen LogP contribution in [0.2, 0.25) is 0 Å². The molecular formula is C16H15N3OS. The molecule has 0 aliphatic rings. The van der Waals surface area contributed by atoms with Crippen LogP contribution in [0.3, 0.4) is 0 Å². The molecule has 0 spiro atoms. The van der Waals surface area contributed by atoms with Gasteiger partial charge >= 0.3 is 0 Å². The third-order valence-corrected chi connectivity index (χ3v) is 4.09. The fourth-order valence-electron chi connectivity index (χ4n) is 1.96. The molecule has 0 unspecified atom stereocenters. The molecule has 0 fully saturated rings. The van der Waals surface area contributed by atoms with Crippen molar-refractivity contribution in [1.82, 2.24) is 10.1 Å². The summed E-state index contributed by atoms with van der Waals surface area (Å²) in [6.07, 6.45) is 0. The maximum atomic E-state index is 5.99. The molecule has 0 atom stereocenters. The molecule has 0 amide bonds. The van der Waals surface area contributed by atoms with Gasteiger partial charge in [0, 0.05) is 16.1 Å². The summed E-state index contributed by atoms with van der Waals surface area (Å²) < 4.78 is 5.28. The fourth-order valence-corrected chi connectivity index (χ4v) is 2.74. The summed E-state index contributed by atoms with van der Waals surface area (Å²) in [6, 6.07) is 15.8. The number of hydrogen-bond acceptors (Lipinski definition) is 5. The second kappa shape index (κ2) is 6.01. The highest BCUT2D eigenvalue weighted by molar-refractivity contribution is 7.98. The average molecular weight is 297 g/mol. The first-order chi connectivity index (χ1) is 10.2. The quantitative estimate of drug-likeness (QED) is 0.584. The van der Waals surface area contributed by atoms with Crippen LogP contribution < -0.4 is 5.73 Å². The number of nitrogens with two attached hydrogens (primary N) is 1. The number of thioether (sulfide) groups is 1. The van der Waals surface area contributed by atoms with Crippen molar-refractivity contribution < 1.29 is 4.52 Å². The third-order valence-electron chi connectivity index (χ3n) is 3.02. The maximum Gasteiger partial charge on any atom is 0.237 e. The molecule has 4 nitrogen and oxygen atoms in total. The Bertz CT molecular complexity index is 740. The summed E-state index contributed by atoms with van der Waals surface area (Å²) in [4.78, 5) is 5.43. The van der Waals surface area contributed by atoms with Crippen molar-refractivity contribution in [1.29, 1.82) is 0 Å². The molecule has 106 valence electrons. The average Bonchev–Trinajstić information content (AvgIpc) is 2.96. The summed E-state index contributed by atoms with van der Waals surface area (Å²) >= 11 is 1.60. The zero-order chi connectivity index (χ0) is 14.7. The summed E-state index contributed by atoms with van der Waals surface area (Å²) in [5.74, 6) is 1.81. The Labute approximate surface area is 127 Å². The molecule has 2 N–H and O–H groups in total. The summed E-state index contributed by atoms with van der Waals surface area (Å²) in [5, 5.41) is 4.00. The van der Waals surface area contributed by atoms with E-state index in [1.165, 1.54) is 0 Å². The van der Waals surface area contributed by atoms with Crippen molar-refractivity contribution in [3.05, 3.63) is 60.0 Å². The first-order valence-electron chi connectivity index (χ1n) is 6.59. The predicted octanol–water partition coefficient (Wildman–Crippen LogP) is 3.92. The molecule has 0 aliphatic heterocycles. The Hall–Kier alpha value is -2.27. The summed E-state index contributed by atoms with van der Waals surface area (Å²) in [7, 11) is 0. The van der Waals surface area contributed by atoms with Crippen molar-refractivity contribution in [2.24, 2.45) is 0 Å². The molecule has 0 saturated heterocycles. The molecule has 3 rings (SSSR count). The molecule has 1 aromatic heterocycles. The van der Waals surface area contributed by atoms with Crippen molar-refractivity contribution in [3.8, 4) is 11.4 Å². The van der Waals surface area contributed by atoms with Crippen molar-refractivity contribution in [2.45, 2.75) is 17.6 Å². The zero-order valence-electron chi connectivity index (χ0n) is 11.6. The lowest BCUT2D eigenvalue weighted by molar-refractivity contribution is 0.391. The largest absolute Gasteiger partial charge is 0.398 e. The van der Waals surface area contributed by atoms with Crippen LogP contribution in [0.1, 0.15) is 11.5 Å². The van der Waals surface area contributed by atoms with Crippen LogP contribution in [0.15, 0.2) is 57.9 Å².